The van der Waals surface area contributed by atoms with Crippen molar-refractivity contribution in [3.05, 3.63) is 24.3 Å². The monoisotopic (exact) mass is 315 g/mol. The van der Waals surface area contributed by atoms with Gasteiger partial charge in [-0.2, -0.15) is 0 Å². The molecule has 4 heteroatoms. The fourth-order valence-electron chi connectivity index (χ4n) is 3.37. The molecule has 1 saturated heterocycles. The van der Waals surface area contributed by atoms with Crippen molar-refractivity contribution in [1.82, 2.24) is 4.90 Å². The van der Waals surface area contributed by atoms with Crippen molar-refractivity contribution < 1.29 is 4.79 Å². The number of anilines is 2. The van der Waals surface area contributed by atoms with Crippen LogP contribution < -0.4 is 10.2 Å². The lowest BCUT2D eigenvalue weighted by atomic mass is 10.1. The van der Waals surface area contributed by atoms with E-state index in [4.69, 9.17) is 0 Å². The zero-order chi connectivity index (χ0) is 16.2. The van der Waals surface area contributed by atoms with Crippen molar-refractivity contribution in [3.8, 4) is 0 Å². The number of benzene rings is 1. The summed E-state index contributed by atoms with van der Waals surface area (Å²) in [5.74, 6) is 0.906. The lowest BCUT2D eigenvalue weighted by molar-refractivity contribution is -0.119. The molecule has 1 aliphatic heterocycles. The first kappa shape index (κ1) is 16.3. The topological polar surface area (TPSA) is 35.6 Å². The molecule has 0 radical (unpaired) electrons. The highest BCUT2D eigenvalue weighted by molar-refractivity contribution is 5.92. The highest BCUT2D eigenvalue weighted by Gasteiger charge is 2.32. The zero-order valence-corrected chi connectivity index (χ0v) is 14.4. The number of piperazine rings is 1. The van der Waals surface area contributed by atoms with Crippen LogP contribution in [0.15, 0.2) is 24.3 Å². The van der Waals surface area contributed by atoms with Crippen LogP contribution in [-0.4, -0.2) is 43.5 Å². The summed E-state index contributed by atoms with van der Waals surface area (Å²) in [5, 5.41) is 3.05. The van der Waals surface area contributed by atoms with E-state index in [1.165, 1.54) is 31.5 Å². The average Bonchev–Trinajstić information content (AvgIpc) is 3.41. The van der Waals surface area contributed by atoms with Gasteiger partial charge in [-0.05, 0) is 56.0 Å². The van der Waals surface area contributed by atoms with E-state index >= 15 is 0 Å². The van der Waals surface area contributed by atoms with Crippen LogP contribution in [0.3, 0.4) is 0 Å². The van der Waals surface area contributed by atoms with Gasteiger partial charge in [0, 0.05) is 43.5 Å². The summed E-state index contributed by atoms with van der Waals surface area (Å²) in [4.78, 5) is 17.1. The summed E-state index contributed by atoms with van der Waals surface area (Å²) in [7, 11) is 0. The second-order valence-electron chi connectivity index (χ2n) is 6.99. The van der Waals surface area contributed by atoms with Crippen LogP contribution in [0.2, 0.25) is 0 Å². The number of nitrogens with one attached hydrogen (secondary N) is 1. The average molecular weight is 315 g/mol. The normalized spacial score (nSPS) is 20.3. The van der Waals surface area contributed by atoms with Gasteiger partial charge in [-0.15, -0.1) is 0 Å². The van der Waals surface area contributed by atoms with Gasteiger partial charge in [0.1, 0.15) is 0 Å². The summed E-state index contributed by atoms with van der Waals surface area (Å²) in [6, 6.07) is 8.33. The Hall–Kier alpha value is -1.55. The van der Waals surface area contributed by atoms with Gasteiger partial charge in [0.05, 0.1) is 0 Å². The second kappa shape index (κ2) is 7.35. The standard InChI is InChI=1S/C19H29N3O/c1-3-10-21-11-13-22(14-12-21)18-8-6-17(7-9-18)20-19(23)15(2)16-4-5-16/h6-9,15-16H,3-5,10-14H2,1-2H3,(H,20,23). The maximum absolute atomic E-state index is 12.2. The number of carbonyl (C=O) groups excluding carboxylic acids is 1. The maximum Gasteiger partial charge on any atom is 0.227 e. The Balaban J connectivity index is 1.52. The molecule has 1 atom stereocenters. The van der Waals surface area contributed by atoms with E-state index in [0.29, 0.717) is 5.92 Å². The van der Waals surface area contributed by atoms with E-state index in [-0.39, 0.29) is 11.8 Å². The Kier molecular flexibility index (Phi) is 5.21. The van der Waals surface area contributed by atoms with Gasteiger partial charge >= 0.3 is 0 Å². The van der Waals surface area contributed by atoms with Crippen molar-refractivity contribution >= 4 is 17.3 Å². The van der Waals surface area contributed by atoms with Crippen LogP contribution in [0, 0.1) is 11.8 Å². The molecule has 0 aromatic heterocycles. The third kappa shape index (κ3) is 4.25. The van der Waals surface area contributed by atoms with E-state index in [1.807, 2.05) is 19.1 Å². The zero-order valence-electron chi connectivity index (χ0n) is 14.4. The van der Waals surface area contributed by atoms with Crippen LogP contribution in [0.5, 0.6) is 0 Å². The maximum atomic E-state index is 12.2. The Morgan fingerprint density at radius 3 is 2.39 bits per heavy atom. The molecule has 1 heterocycles. The summed E-state index contributed by atoms with van der Waals surface area (Å²) >= 11 is 0. The molecule has 1 unspecified atom stereocenters. The molecule has 1 aliphatic carbocycles. The quantitative estimate of drug-likeness (QED) is 0.875. The van der Waals surface area contributed by atoms with Crippen molar-refractivity contribution in [2.45, 2.75) is 33.1 Å². The van der Waals surface area contributed by atoms with Crippen molar-refractivity contribution in [2.24, 2.45) is 11.8 Å². The predicted octanol–water partition coefficient (Wildman–Crippen LogP) is 3.20. The van der Waals surface area contributed by atoms with Crippen molar-refractivity contribution in [2.75, 3.05) is 42.9 Å². The number of hydrogen-bond donors (Lipinski definition) is 1. The molecule has 1 saturated carbocycles. The minimum Gasteiger partial charge on any atom is -0.369 e. The number of rotatable bonds is 6. The van der Waals surface area contributed by atoms with E-state index in [1.54, 1.807) is 0 Å². The molecule has 4 nitrogen and oxygen atoms in total. The van der Waals surface area contributed by atoms with Gasteiger partial charge < -0.3 is 10.2 Å². The molecule has 2 fully saturated rings. The highest BCUT2D eigenvalue weighted by Crippen LogP contribution is 2.37. The number of nitrogens with zero attached hydrogens (tertiary/aromatic N) is 2. The van der Waals surface area contributed by atoms with Gasteiger partial charge in [0.25, 0.3) is 0 Å². The first-order valence-electron chi connectivity index (χ1n) is 9.05. The Morgan fingerprint density at radius 1 is 1.17 bits per heavy atom. The van der Waals surface area contributed by atoms with Gasteiger partial charge in [-0.25, -0.2) is 0 Å². The summed E-state index contributed by atoms with van der Waals surface area (Å²) in [5.41, 5.74) is 2.17. The lowest BCUT2D eigenvalue weighted by Crippen LogP contribution is -2.46. The van der Waals surface area contributed by atoms with Crippen LogP contribution >= 0.6 is 0 Å². The lowest BCUT2D eigenvalue weighted by Gasteiger charge is -2.36. The molecular weight excluding hydrogens is 286 g/mol. The molecular formula is C19H29N3O. The summed E-state index contributed by atoms with van der Waals surface area (Å²) in [6.07, 6.45) is 3.64. The van der Waals surface area contributed by atoms with Gasteiger partial charge in [0.2, 0.25) is 5.91 Å². The van der Waals surface area contributed by atoms with Crippen LogP contribution in [0.4, 0.5) is 11.4 Å². The first-order chi connectivity index (χ1) is 11.2. The molecule has 126 valence electrons. The smallest absolute Gasteiger partial charge is 0.227 e. The third-order valence-corrected chi connectivity index (χ3v) is 5.15. The molecule has 23 heavy (non-hydrogen) atoms. The third-order valence-electron chi connectivity index (χ3n) is 5.15. The molecule has 1 N–H and O–H groups in total. The number of carbonyl (C=O) groups is 1. The molecule has 3 rings (SSSR count). The van der Waals surface area contributed by atoms with E-state index in [9.17, 15) is 4.79 Å². The Morgan fingerprint density at radius 2 is 1.83 bits per heavy atom. The number of hydrogen-bond acceptors (Lipinski definition) is 3. The number of amides is 1. The van der Waals surface area contributed by atoms with Gasteiger partial charge in [-0.1, -0.05) is 13.8 Å². The first-order valence-corrected chi connectivity index (χ1v) is 9.05. The van der Waals surface area contributed by atoms with Crippen LogP contribution in [0.25, 0.3) is 0 Å². The molecule has 1 aromatic rings. The van der Waals surface area contributed by atoms with E-state index < -0.39 is 0 Å². The van der Waals surface area contributed by atoms with Crippen LogP contribution in [-0.2, 0) is 4.79 Å². The Labute approximate surface area is 139 Å². The van der Waals surface area contributed by atoms with Crippen molar-refractivity contribution in [1.29, 1.82) is 0 Å². The van der Waals surface area contributed by atoms with Gasteiger partial charge in [0.15, 0.2) is 0 Å². The second-order valence-corrected chi connectivity index (χ2v) is 6.99. The molecule has 1 aromatic carbocycles. The van der Waals surface area contributed by atoms with Gasteiger partial charge in [-0.3, -0.25) is 9.69 Å². The predicted molar refractivity (Wildman–Crippen MR) is 95.9 cm³/mol. The summed E-state index contributed by atoms with van der Waals surface area (Å²) in [6.45, 7) is 9.95. The Bertz CT molecular complexity index is 516. The minimum absolute atomic E-state index is 0.140. The highest BCUT2D eigenvalue weighted by atomic mass is 16.1. The largest absolute Gasteiger partial charge is 0.369 e. The SMILES string of the molecule is CCCN1CCN(c2ccc(NC(=O)C(C)C3CC3)cc2)CC1. The van der Waals surface area contributed by atoms with Crippen molar-refractivity contribution in [3.63, 3.8) is 0 Å². The fraction of sp³-hybridized carbons (Fsp3) is 0.632. The van der Waals surface area contributed by atoms with Crippen LogP contribution in [0.1, 0.15) is 33.1 Å². The summed E-state index contributed by atoms with van der Waals surface area (Å²) < 4.78 is 0. The van der Waals surface area contributed by atoms with E-state index in [2.05, 4.69) is 34.2 Å². The van der Waals surface area contributed by atoms with E-state index in [0.717, 1.165) is 31.9 Å². The molecule has 1 amide bonds. The molecule has 2 aliphatic rings. The molecule has 0 bridgehead atoms. The fourth-order valence-corrected chi connectivity index (χ4v) is 3.37. The molecule has 0 spiro atoms. The minimum atomic E-state index is 0.140.